The van der Waals surface area contributed by atoms with Crippen molar-refractivity contribution in [3.8, 4) is 0 Å². The number of rotatable bonds is 4. The van der Waals surface area contributed by atoms with Gasteiger partial charge >= 0.3 is 5.97 Å². The number of hydrogen-bond donors (Lipinski definition) is 1. The molecular weight excluding hydrogens is 253 g/mol. The minimum Gasteiger partial charge on any atom is -0.478 e. The van der Waals surface area contributed by atoms with E-state index in [0.717, 1.165) is 16.8 Å². The van der Waals surface area contributed by atoms with Crippen LogP contribution < -0.4 is 0 Å². The Bertz CT molecular complexity index is 580. The summed E-state index contributed by atoms with van der Waals surface area (Å²) in [4.78, 5) is 15.0. The quantitative estimate of drug-likeness (QED) is 0.924. The van der Waals surface area contributed by atoms with Gasteiger partial charge in [-0.1, -0.05) is 6.07 Å². The largest absolute Gasteiger partial charge is 0.478 e. The highest BCUT2D eigenvalue weighted by molar-refractivity contribution is 7.09. The highest BCUT2D eigenvalue weighted by Gasteiger charge is 2.09. The van der Waals surface area contributed by atoms with Crippen LogP contribution in [0.15, 0.2) is 23.6 Å². The van der Waals surface area contributed by atoms with Gasteiger partial charge in [0.1, 0.15) is 5.82 Å². The van der Waals surface area contributed by atoms with Gasteiger partial charge in [0.05, 0.1) is 16.3 Å². The molecule has 0 aliphatic rings. The summed E-state index contributed by atoms with van der Waals surface area (Å²) in [5.41, 5.74) is 1.44. The van der Waals surface area contributed by atoms with Crippen LogP contribution in [0.4, 0.5) is 4.39 Å². The zero-order chi connectivity index (χ0) is 13.1. The van der Waals surface area contributed by atoms with E-state index in [1.54, 1.807) is 11.3 Å². The number of carboxylic acid groups (broad SMARTS) is 1. The number of halogens is 1. The summed E-state index contributed by atoms with van der Waals surface area (Å²) in [5.74, 6) is -1.59. The Labute approximate surface area is 108 Å². The van der Waals surface area contributed by atoms with Gasteiger partial charge in [0, 0.05) is 5.38 Å². The monoisotopic (exact) mass is 265 g/mol. The van der Waals surface area contributed by atoms with Crippen molar-refractivity contribution >= 4 is 17.3 Å². The van der Waals surface area contributed by atoms with Crippen LogP contribution in [-0.4, -0.2) is 16.1 Å². The van der Waals surface area contributed by atoms with Crippen molar-refractivity contribution in [2.75, 3.05) is 0 Å². The van der Waals surface area contributed by atoms with E-state index in [9.17, 15) is 9.18 Å². The summed E-state index contributed by atoms with van der Waals surface area (Å²) in [6, 6.07) is 4.01. The second-order valence-corrected chi connectivity index (χ2v) is 5.03. The number of nitrogens with zero attached hydrogens (tertiary/aromatic N) is 1. The predicted octanol–water partition coefficient (Wildman–Crippen LogP) is 3.07. The molecule has 5 heteroatoms. The van der Waals surface area contributed by atoms with Crippen molar-refractivity contribution < 1.29 is 14.3 Å². The number of thiazole rings is 1. The van der Waals surface area contributed by atoms with Gasteiger partial charge in [-0.05, 0) is 37.5 Å². The Morgan fingerprint density at radius 1 is 1.44 bits per heavy atom. The van der Waals surface area contributed by atoms with Crippen LogP contribution in [0.5, 0.6) is 0 Å². The summed E-state index contributed by atoms with van der Waals surface area (Å²) in [7, 11) is 0. The minimum atomic E-state index is -1.12. The maximum atomic E-state index is 13.6. The van der Waals surface area contributed by atoms with Gasteiger partial charge in [-0.25, -0.2) is 14.2 Å². The molecule has 0 fully saturated rings. The molecule has 0 unspecified atom stereocenters. The average molecular weight is 265 g/mol. The van der Waals surface area contributed by atoms with E-state index in [4.69, 9.17) is 5.11 Å². The molecule has 1 aromatic heterocycles. The first-order chi connectivity index (χ1) is 8.56. The molecule has 0 amide bonds. The Morgan fingerprint density at radius 2 is 2.22 bits per heavy atom. The SMILES string of the molecule is Cc1nc(CCc2ccc(C(=O)O)cc2F)cs1. The Hall–Kier alpha value is -1.75. The Balaban J connectivity index is 2.08. The maximum Gasteiger partial charge on any atom is 0.335 e. The number of hydrogen-bond acceptors (Lipinski definition) is 3. The van der Waals surface area contributed by atoms with E-state index in [1.807, 2.05) is 12.3 Å². The predicted molar refractivity (Wildman–Crippen MR) is 67.6 cm³/mol. The number of aromatic nitrogens is 1. The summed E-state index contributed by atoms with van der Waals surface area (Å²) >= 11 is 1.57. The molecule has 0 saturated heterocycles. The first-order valence-corrected chi connectivity index (χ1v) is 6.37. The van der Waals surface area contributed by atoms with Gasteiger partial charge in [-0.2, -0.15) is 0 Å². The molecule has 1 N–H and O–H groups in total. The third-order valence-electron chi connectivity index (χ3n) is 2.62. The van der Waals surface area contributed by atoms with Gasteiger partial charge in [0.15, 0.2) is 0 Å². The molecule has 2 aromatic rings. The van der Waals surface area contributed by atoms with E-state index >= 15 is 0 Å². The first kappa shape index (κ1) is 12.7. The fourth-order valence-corrected chi connectivity index (χ4v) is 2.32. The molecule has 0 saturated carbocycles. The van der Waals surface area contributed by atoms with Crippen LogP contribution >= 0.6 is 11.3 Å². The summed E-state index contributed by atoms with van der Waals surface area (Å²) < 4.78 is 13.6. The smallest absolute Gasteiger partial charge is 0.335 e. The fourth-order valence-electron chi connectivity index (χ4n) is 1.67. The van der Waals surface area contributed by atoms with E-state index in [2.05, 4.69) is 4.98 Å². The van der Waals surface area contributed by atoms with Crippen LogP contribution in [0.25, 0.3) is 0 Å². The van der Waals surface area contributed by atoms with Gasteiger partial charge in [0.25, 0.3) is 0 Å². The van der Waals surface area contributed by atoms with Crippen molar-refractivity contribution in [1.29, 1.82) is 0 Å². The molecule has 18 heavy (non-hydrogen) atoms. The molecule has 0 aliphatic heterocycles. The summed E-state index contributed by atoms with van der Waals surface area (Å²) in [5, 5.41) is 11.7. The van der Waals surface area contributed by atoms with Crippen LogP contribution in [0.2, 0.25) is 0 Å². The molecule has 0 radical (unpaired) electrons. The molecule has 2 rings (SSSR count). The lowest BCUT2D eigenvalue weighted by Crippen LogP contribution is -2.00. The van der Waals surface area contributed by atoms with E-state index in [0.29, 0.717) is 18.4 Å². The average Bonchev–Trinajstić information content (AvgIpc) is 2.73. The van der Waals surface area contributed by atoms with Gasteiger partial charge < -0.3 is 5.11 Å². The topological polar surface area (TPSA) is 50.2 Å². The van der Waals surface area contributed by atoms with E-state index in [1.165, 1.54) is 12.1 Å². The van der Waals surface area contributed by atoms with Crippen molar-refractivity contribution in [3.05, 3.63) is 51.2 Å². The molecule has 0 spiro atoms. The second kappa shape index (κ2) is 5.27. The van der Waals surface area contributed by atoms with E-state index in [-0.39, 0.29) is 5.56 Å². The van der Waals surface area contributed by atoms with Crippen molar-refractivity contribution in [2.24, 2.45) is 0 Å². The number of benzene rings is 1. The lowest BCUT2D eigenvalue weighted by atomic mass is 10.1. The third kappa shape index (κ3) is 2.92. The Kier molecular flexibility index (Phi) is 3.72. The van der Waals surface area contributed by atoms with Crippen LogP contribution in [0.1, 0.15) is 26.6 Å². The van der Waals surface area contributed by atoms with Gasteiger partial charge in [-0.3, -0.25) is 0 Å². The third-order valence-corrected chi connectivity index (χ3v) is 3.44. The molecule has 1 aromatic carbocycles. The molecule has 3 nitrogen and oxygen atoms in total. The molecule has 94 valence electrons. The lowest BCUT2D eigenvalue weighted by molar-refractivity contribution is 0.0696. The lowest BCUT2D eigenvalue weighted by Gasteiger charge is -2.03. The Morgan fingerprint density at radius 3 is 2.78 bits per heavy atom. The van der Waals surface area contributed by atoms with Gasteiger partial charge in [0.2, 0.25) is 0 Å². The van der Waals surface area contributed by atoms with Crippen molar-refractivity contribution in [3.63, 3.8) is 0 Å². The molecule has 1 heterocycles. The van der Waals surface area contributed by atoms with E-state index < -0.39 is 11.8 Å². The zero-order valence-electron chi connectivity index (χ0n) is 9.81. The van der Waals surface area contributed by atoms with Crippen LogP contribution in [0.3, 0.4) is 0 Å². The number of aromatic carboxylic acids is 1. The van der Waals surface area contributed by atoms with Crippen molar-refractivity contribution in [2.45, 2.75) is 19.8 Å². The number of carboxylic acids is 1. The second-order valence-electron chi connectivity index (χ2n) is 3.97. The number of carbonyl (C=O) groups is 1. The fraction of sp³-hybridized carbons (Fsp3) is 0.231. The van der Waals surface area contributed by atoms with Crippen LogP contribution in [0, 0.1) is 12.7 Å². The first-order valence-electron chi connectivity index (χ1n) is 5.49. The summed E-state index contributed by atoms with van der Waals surface area (Å²) in [6.45, 7) is 1.93. The van der Waals surface area contributed by atoms with Gasteiger partial charge in [-0.15, -0.1) is 11.3 Å². The molecule has 0 bridgehead atoms. The van der Waals surface area contributed by atoms with Crippen LogP contribution in [-0.2, 0) is 12.8 Å². The normalized spacial score (nSPS) is 10.6. The molecule has 0 atom stereocenters. The summed E-state index contributed by atoms with van der Waals surface area (Å²) in [6.07, 6.45) is 1.18. The standard InChI is InChI=1S/C13H12FNO2S/c1-8-15-11(7-18-8)5-4-9-2-3-10(13(16)17)6-12(9)14/h2-3,6-7H,4-5H2,1H3,(H,16,17). The maximum absolute atomic E-state index is 13.6. The highest BCUT2D eigenvalue weighted by atomic mass is 32.1. The number of aryl methyl sites for hydroxylation is 3. The minimum absolute atomic E-state index is 0.0271. The van der Waals surface area contributed by atoms with Crippen molar-refractivity contribution in [1.82, 2.24) is 4.98 Å². The molecule has 0 aliphatic carbocycles. The highest BCUT2D eigenvalue weighted by Crippen LogP contribution is 2.15. The molecular formula is C13H12FNO2S. The zero-order valence-corrected chi connectivity index (χ0v) is 10.6.